The fraction of sp³-hybridized carbons (Fsp3) is 0.263. The number of nitrogens with one attached hydrogen (secondary N) is 1. The number of carbonyl (C=O) groups excluding carboxylic acids is 1. The summed E-state index contributed by atoms with van der Waals surface area (Å²) in [5.74, 6) is 0.515. The van der Waals surface area contributed by atoms with Crippen LogP contribution in [-0.4, -0.2) is 27.1 Å². The average molecular weight is 323 g/mol. The molecule has 0 fully saturated rings. The molecular formula is C19H21N3O2. The number of imidazole rings is 1. The van der Waals surface area contributed by atoms with Crippen molar-refractivity contribution >= 4 is 16.9 Å². The van der Waals surface area contributed by atoms with E-state index < -0.39 is 12.0 Å². The summed E-state index contributed by atoms with van der Waals surface area (Å²) >= 11 is 0. The van der Waals surface area contributed by atoms with Crippen LogP contribution in [0.1, 0.15) is 23.1 Å². The van der Waals surface area contributed by atoms with Crippen molar-refractivity contribution in [2.75, 3.05) is 6.54 Å². The van der Waals surface area contributed by atoms with E-state index in [4.69, 9.17) is 0 Å². The highest BCUT2D eigenvalue weighted by Gasteiger charge is 2.16. The molecule has 0 radical (unpaired) electrons. The van der Waals surface area contributed by atoms with Crippen LogP contribution in [0.15, 0.2) is 48.5 Å². The van der Waals surface area contributed by atoms with E-state index in [9.17, 15) is 9.90 Å². The Morgan fingerprint density at radius 3 is 2.75 bits per heavy atom. The zero-order valence-electron chi connectivity index (χ0n) is 13.9. The largest absolute Gasteiger partial charge is 0.378 e. The normalized spacial score (nSPS) is 12.3. The summed E-state index contributed by atoms with van der Waals surface area (Å²) < 4.78 is 2.04. The molecular weight excluding hydrogens is 302 g/mol. The highest BCUT2D eigenvalue weighted by molar-refractivity contribution is 5.82. The van der Waals surface area contributed by atoms with Crippen molar-refractivity contribution in [3.63, 3.8) is 0 Å². The Bertz CT molecular complexity index is 856. The van der Waals surface area contributed by atoms with Gasteiger partial charge in [-0.05, 0) is 30.2 Å². The van der Waals surface area contributed by atoms with E-state index in [-0.39, 0.29) is 0 Å². The highest BCUT2D eigenvalue weighted by atomic mass is 16.3. The molecule has 1 atom stereocenters. The first-order valence-electron chi connectivity index (χ1n) is 7.99. The van der Waals surface area contributed by atoms with E-state index in [1.165, 1.54) is 5.56 Å². The molecule has 2 aromatic carbocycles. The number of amides is 1. The van der Waals surface area contributed by atoms with Gasteiger partial charge in [0.1, 0.15) is 5.82 Å². The number of aliphatic hydroxyl groups is 1. The van der Waals surface area contributed by atoms with E-state index in [0.717, 1.165) is 16.9 Å². The number of aliphatic hydroxyl groups excluding tert-OH is 1. The Balaban J connectivity index is 1.62. The Morgan fingerprint density at radius 2 is 2.00 bits per heavy atom. The third-order valence-electron chi connectivity index (χ3n) is 4.14. The first kappa shape index (κ1) is 16.2. The summed E-state index contributed by atoms with van der Waals surface area (Å²) in [6.07, 6.45) is -0.536. The first-order valence-corrected chi connectivity index (χ1v) is 7.99. The number of carbonyl (C=O) groups is 1. The van der Waals surface area contributed by atoms with Crippen molar-refractivity contribution < 1.29 is 9.90 Å². The number of fused-ring (bicyclic) bond motifs is 1. The lowest BCUT2D eigenvalue weighted by Gasteiger charge is -2.11. The van der Waals surface area contributed by atoms with Crippen molar-refractivity contribution in [2.24, 2.45) is 7.05 Å². The van der Waals surface area contributed by atoms with Gasteiger partial charge < -0.3 is 15.0 Å². The molecule has 1 heterocycles. The van der Waals surface area contributed by atoms with Crippen LogP contribution < -0.4 is 5.32 Å². The van der Waals surface area contributed by atoms with Crippen molar-refractivity contribution in [2.45, 2.75) is 19.4 Å². The summed E-state index contributed by atoms with van der Waals surface area (Å²) in [5.41, 5.74) is 3.80. The maximum Gasteiger partial charge on any atom is 0.253 e. The van der Waals surface area contributed by atoms with Gasteiger partial charge in [-0.1, -0.05) is 36.4 Å². The van der Waals surface area contributed by atoms with Crippen LogP contribution in [0.3, 0.4) is 0 Å². The average Bonchev–Trinajstić information content (AvgIpc) is 2.90. The second-order valence-corrected chi connectivity index (χ2v) is 5.93. The first-order chi connectivity index (χ1) is 11.6. The zero-order chi connectivity index (χ0) is 17.1. The van der Waals surface area contributed by atoms with Crippen LogP contribution in [0.25, 0.3) is 11.0 Å². The third kappa shape index (κ3) is 3.31. The maximum atomic E-state index is 12.0. The summed E-state index contributed by atoms with van der Waals surface area (Å²) in [5, 5.41) is 12.8. The lowest BCUT2D eigenvalue weighted by Crippen LogP contribution is -2.31. The summed E-state index contributed by atoms with van der Waals surface area (Å²) in [4.78, 5) is 16.7. The molecule has 0 aliphatic rings. The van der Waals surface area contributed by atoms with Gasteiger partial charge >= 0.3 is 0 Å². The van der Waals surface area contributed by atoms with Crippen LogP contribution in [0.5, 0.6) is 0 Å². The zero-order valence-corrected chi connectivity index (χ0v) is 13.9. The Hall–Kier alpha value is -2.66. The highest BCUT2D eigenvalue weighted by Crippen LogP contribution is 2.17. The van der Waals surface area contributed by atoms with Gasteiger partial charge in [-0.25, -0.2) is 4.98 Å². The van der Waals surface area contributed by atoms with Gasteiger partial charge in [0.25, 0.3) is 5.91 Å². The summed E-state index contributed by atoms with van der Waals surface area (Å²) in [6, 6.07) is 15.1. The fourth-order valence-electron chi connectivity index (χ4n) is 2.76. The minimum atomic E-state index is -1.14. The quantitative estimate of drug-likeness (QED) is 0.757. The molecule has 0 spiro atoms. The number of aromatic nitrogens is 2. The van der Waals surface area contributed by atoms with Crippen molar-refractivity contribution in [1.29, 1.82) is 0 Å². The molecule has 1 amide bonds. The van der Waals surface area contributed by atoms with Crippen LogP contribution >= 0.6 is 0 Å². The molecule has 0 aliphatic heterocycles. The topological polar surface area (TPSA) is 67.2 Å². The maximum absolute atomic E-state index is 12.0. The van der Waals surface area contributed by atoms with Gasteiger partial charge in [0, 0.05) is 20.0 Å². The van der Waals surface area contributed by atoms with E-state index in [1.807, 2.05) is 24.6 Å². The Morgan fingerprint density at radius 1 is 1.25 bits per heavy atom. The molecule has 3 rings (SSSR count). The Labute approximate surface area is 141 Å². The lowest BCUT2D eigenvalue weighted by atomic mass is 10.1. The predicted octanol–water partition coefficient (Wildman–Crippen LogP) is 2.27. The second kappa shape index (κ2) is 6.84. The number of nitrogens with zero attached hydrogens (tertiary/aromatic N) is 2. The van der Waals surface area contributed by atoms with Crippen LogP contribution in [0.2, 0.25) is 0 Å². The third-order valence-corrected chi connectivity index (χ3v) is 4.14. The molecule has 0 saturated heterocycles. The van der Waals surface area contributed by atoms with Crippen molar-refractivity contribution in [3.05, 3.63) is 65.5 Å². The van der Waals surface area contributed by atoms with Crippen LogP contribution in [0, 0.1) is 6.92 Å². The number of rotatable bonds is 5. The summed E-state index contributed by atoms with van der Waals surface area (Å²) in [7, 11) is 1.97. The molecule has 1 aromatic heterocycles. The van der Waals surface area contributed by atoms with Gasteiger partial charge in [-0.15, -0.1) is 0 Å². The van der Waals surface area contributed by atoms with Crippen molar-refractivity contribution in [1.82, 2.24) is 14.9 Å². The molecule has 2 N–H and O–H groups in total. The minimum Gasteiger partial charge on any atom is -0.378 e. The monoisotopic (exact) mass is 323 g/mol. The molecule has 5 heteroatoms. The smallest absolute Gasteiger partial charge is 0.253 e. The van der Waals surface area contributed by atoms with Crippen LogP contribution in [-0.2, 0) is 18.3 Å². The second-order valence-electron chi connectivity index (χ2n) is 5.93. The van der Waals surface area contributed by atoms with Gasteiger partial charge in [0.2, 0.25) is 0 Å². The molecule has 0 saturated carbocycles. The molecule has 124 valence electrons. The number of hydrogen-bond donors (Lipinski definition) is 2. The Kier molecular flexibility index (Phi) is 4.62. The lowest BCUT2D eigenvalue weighted by molar-refractivity contribution is -0.129. The van der Waals surface area contributed by atoms with E-state index in [0.29, 0.717) is 18.5 Å². The van der Waals surface area contributed by atoms with E-state index in [2.05, 4.69) is 28.5 Å². The number of hydrogen-bond acceptors (Lipinski definition) is 3. The van der Waals surface area contributed by atoms with Gasteiger partial charge in [0.05, 0.1) is 11.0 Å². The molecule has 3 aromatic rings. The van der Waals surface area contributed by atoms with E-state index >= 15 is 0 Å². The standard InChI is InChI=1S/C19H21N3O2/c1-13-8-9-16-15(12-13)21-17(22(16)2)10-11-20-19(24)18(23)14-6-4-3-5-7-14/h3-9,12,18,23H,10-11H2,1-2H3,(H,20,24)/t18-/m1/s1. The van der Waals surface area contributed by atoms with Crippen molar-refractivity contribution in [3.8, 4) is 0 Å². The molecule has 0 bridgehead atoms. The molecule has 24 heavy (non-hydrogen) atoms. The van der Waals surface area contributed by atoms with Gasteiger partial charge in [-0.2, -0.15) is 0 Å². The number of aryl methyl sites for hydroxylation is 2. The summed E-state index contributed by atoms with van der Waals surface area (Å²) in [6.45, 7) is 2.47. The SMILES string of the molecule is Cc1ccc2c(c1)nc(CCNC(=O)[C@H](O)c1ccccc1)n2C. The van der Waals surface area contributed by atoms with Crippen LogP contribution in [0.4, 0.5) is 0 Å². The number of benzene rings is 2. The molecule has 0 unspecified atom stereocenters. The van der Waals surface area contributed by atoms with Gasteiger partial charge in [0.15, 0.2) is 6.10 Å². The predicted molar refractivity (Wildman–Crippen MR) is 93.6 cm³/mol. The molecule has 5 nitrogen and oxygen atoms in total. The van der Waals surface area contributed by atoms with E-state index in [1.54, 1.807) is 24.3 Å². The minimum absolute atomic E-state index is 0.393. The fourth-order valence-corrected chi connectivity index (χ4v) is 2.76. The van der Waals surface area contributed by atoms with Gasteiger partial charge in [-0.3, -0.25) is 4.79 Å². The molecule has 0 aliphatic carbocycles.